The molecule has 3 heteroatoms. The van der Waals surface area contributed by atoms with Gasteiger partial charge in [-0.05, 0) is 6.92 Å². The van der Waals surface area contributed by atoms with E-state index >= 15 is 0 Å². The zero-order valence-corrected chi connectivity index (χ0v) is 9.68. The maximum absolute atomic E-state index is 5.05. The van der Waals surface area contributed by atoms with Crippen LogP contribution >= 0.6 is 0 Å². The van der Waals surface area contributed by atoms with Crippen molar-refractivity contribution in [1.29, 1.82) is 0 Å². The van der Waals surface area contributed by atoms with Crippen LogP contribution in [0.1, 0.15) is 12.5 Å². The van der Waals surface area contributed by atoms with Crippen LogP contribution in [0, 0.1) is 0 Å². The van der Waals surface area contributed by atoms with Gasteiger partial charge < -0.3 is 5.84 Å². The molecule has 2 aromatic carbocycles. The molecule has 0 aromatic heterocycles. The Labute approximate surface area is 101 Å². The zero-order valence-electron chi connectivity index (χ0n) is 8.57. The van der Waals surface area contributed by atoms with Crippen LogP contribution in [-0.4, -0.2) is 5.71 Å². The van der Waals surface area contributed by atoms with Gasteiger partial charge >= 0.3 is 17.1 Å². The SMILES string of the molecule is CC(=NN)[c-]1cccc1.[Fe+2].c1cc[cH-]c1. The van der Waals surface area contributed by atoms with E-state index in [-0.39, 0.29) is 17.1 Å². The van der Waals surface area contributed by atoms with E-state index in [0.29, 0.717) is 0 Å². The maximum atomic E-state index is 5.05. The van der Waals surface area contributed by atoms with Gasteiger partial charge in [0, 0.05) is 5.71 Å². The minimum atomic E-state index is 0. The Balaban J connectivity index is 0.000000280. The molecule has 0 unspecified atom stereocenters. The van der Waals surface area contributed by atoms with Crippen molar-refractivity contribution in [2.45, 2.75) is 6.92 Å². The van der Waals surface area contributed by atoms with Gasteiger partial charge in [-0.1, -0.05) is 0 Å². The van der Waals surface area contributed by atoms with Gasteiger partial charge in [0.15, 0.2) is 0 Å². The second-order valence-corrected chi connectivity index (χ2v) is 2.85. The molecule has 0 saturated heterocycles. The third-order valence-corrected chi connectivity index (χ3v) is 1.83. The monoisotopic (exact) mass is 242 g/mol. The summed E-state index contributed by atoms with van der Waals surface area (Å²) in [4.78, 5) is 0. The van der Waals surface area contributed by atoms with Gasteiger partial charge in [0.05, 0.1) is 0 Å². The van der Waals surface area contributed by atoms with Gasteiger partial charge in [-0.25, -0.2) is 29.4 Å². The van der Waals surface area contributed by atoms with Crippen LogP contribution in [0.5, 0.6) is 0 Å². The first-order valence-electron chi connectivity index (χ1n) is 4.48. The van der Waals surface area contributed by atoms with Crippen LogP contribution in [0.2, 0.25) is 0 Å². The average Bonchev–Trinajstić information content (AvgIpc) is 2.91. The third-order valence-electron chi connectivity index (χ3n) is 1.83. The van der Waals surface area contributed by atoms with Crippen LogP contribution in [-0.2, 0) is 17.1 Å². The molecule has 0 aliphatic rings. The summed E-state index contributed by atoms with van der Waals surface area (Å²) < 4.78 is 0. The van der Waals surface area contributed by atoms with Gasteiger partial charge in [0.25, 0.3) is 0 Å². The first kappa shape index (κ1) is 13.7. The Morgan fingerprint density at radius 2 is 1.67 bits per heavy atom. The summed E-state index contributed by atoms with van der Waals surface area (Å²) in [6, 6.07) is 17.9. The van der Waals surface area contributed by atoms with Gasteiger partial charge in [-0.15, -0.1) is 5.56 Å². The van der Waals surface area contributed by atoms with Crippen molar-refractivity contribution in [2.24, 2.45) is 10.9 Å². The molecule has 0 atom stereocenters. The Morgan fingerprint density at radius 1 is 1.13 bits per heavy atom. The number of nitrogens with zero attached hydrogens (tertiary/aromatic N) is 1. The molecule has 0 heterocycles. The molecule has 0 radical (unpaired) electrons. The molecule has 2 N–H and O–H groups in total. The molecular formula is C12H14FeN2. The van der Waals surface area contributed by atoms with E-state index in [1.54, 1.807) is 0 Å². The van der Waals surface area contributed by atoms with E-state index < -0.39 is 0 Å². The van der Waals surface area contributed by atoms with Gasteiger partial charge in [-0.3, -0.25) is 0 Å². The number of rotatable bonds is 1. The third kappa shape index (κ3) is 5.21. The van der Waals surface area contributed by atoms with Crippen LogP contribution in [0.4, 0.5) is 0 Å². The second-order valence-electron chi connectivity index (χ2n) is 2.85. The molecule has 2 nitrogen and oxygen atoms in total. The number of nitrogens with two attached hydrogens (primary N) is 1. The van der Waals surface area contributed by atoms with Gasteiger partial charge in [0.1, 0.15) is 0 Å². The predicted molar refractivity (Wildman–Crippen MR) is 60.5 cm³/mol. The number of hydrogen-bond donors (Lipinski definition) is 1. The summed E-state index contributed by atoms with van der Waals surface area (Å²) in [7, 11) is 0. The van der Waals surface area contributed by atoms with Crippen molar-refractivity contribution < 1.29 is 17.1 Å². The molecule has 0 bridgehead atoms. The topological polar surface area (TPSA) is 38.4 Å². The zero-order chi connectivity index (χ0) is 10.2. The van der Waals surface area contributed by atoms with Crippen molar-refractivity contribution in [2.75, 3.05) is 0 Å². The largest absolute Gasteiger partial charge is 2.00 e. The molecule has 0 aliphatic carbocycles. The quantitative estimate of drug-likeness (QED) is 0.269. The fraction of sp³-hybridized carbons (Fsp3) is 0.0833. The first-order chi connectivity index (χ1) is 6.84. The minimum Gasteiger partial charge on any atom is -0.324 e. The van der Waals surface area contributed by atoms with Crippen molar-refractivity contribution >= 4 is 5.71 Å². The van der Waals surface area contributed by atoms with Crippen LogP contribution in [0.15, 0.2) is 59.7 Å². The average molecular weight is 242 g/mol. The first-order valence-corrected chi connectivity index (χ1v) is 4.48. The molecule has 2 aromatic rings. The molecule has 0 saturated carbocycles. The van der Waals surface area contributed by atoms with E-state index in [4.69, 9.17) is 5.84 Å². The van der Waals surface area contributed by atoms with E-state index in [2.05, 4.69) is 5.10 Å². The van der Waals surface area contributed by atoms with Crippen molar-refractivity contribution in [3.05, 3.63) is 60.2 Å². The fourth-order valence-electron chi connectivity index (χ4n) is 1.01. The second kappa shape index (κ2) is 8.04. The van der Waals surface area contributed by atoms with Crippen molar-refractivity contribution in [1.82, 2.24) is 0 Å². The predicted octanol–water partition coefficient (Wildman–Crippen LogP) is 2.49. The molecule has 0 aliphatic heterocycles. The Kier molecular flexibility index (Phi) is 7.33. The summed E-state index contributed by atoms with van der Waals surface area (Å²) in [6.45, 7) is 1.88. The summed E-state index contributed by atoms with van der Waals surface area (Å²) in [5.74, 6) is 5.05. The summed E-state index contributed by atoms with van der Waals surface area (Å²) >= 11 is 0. The van der Waals surface area contributed by atoms with E-state index in [0.717, 1.165) is 11.3 Å². The smallest absolute Gasteiger partial charge is 0.324 e. The molecule has 0 fully saturated rings. The number of hydrogen-bond acceptors (Lipinski definition) is 2. The molecule has 0 spiro atoms. The molecule has 15 heavy (non-hydrogen) atoms. The minimum absolute atomic E-state index is 0. The van der Waals surface area contributed by atoms with E-state index in [1.165, 1.54) is 0 Å². The standard InChI is InChI=1S/C7H9N2.C5H5.Fe/c1-6(9-8)7-4-2-3-5-7;1-2-4-5-3-1;/h2-5H,8H2,1H3;1-5H;/q2*-1;+2. The summed E-state index contributed by atoms with van der Waals surface area (Å²) in [6.07, 6.45) is 0. The molecule has 2 rings (SSSR count). The molecule has 80 valence electrons. The molecule has 0 amide bonds. The Hall–Kier alpha value is -1.31. The number of hydrazone groups is 1. The van der Waals surface area contributed by atoms with E-state index in [1.807, 2.05) is 61.5 Å². The fourth-order valence-corrected chi connectivity index (χ4v) is 1.01. The van der Waals surface area contributed by atoms with Crippen molar-refractivity contribution in [3.8, 4) is 0 Å². The van der Waals surface area contributed by atoms with Gasteiger partial charge in [-0.2, -0.15) is 30.3 Å². The van der Waals surface area contributed by atoms with Crippen LogP contribution in [0.25, 0.3) is 0 Å². The van der Waals surface area contributed by atoms with Crippen molar-refractivity contribution in [3.63, 3.8) is 0 Å². The van der Waals surface area contributed by atoms with E-state index in [9.17, 15) is 0 Å². The Morgan fingerprint density at radius 3 is 2.00 bits per heavy atom. The summed E-state index contributed by atoms with van der Waals surface area (Å²) in [5, 5.41) is 3.55. The summed E-state index contributed by atoms with van der Waals surface area (Å²) in [5.41, 5.74) is 1.97. The Bertz CT molecular complexity index is 330. The van der Waals surface area contributed by atoms with Gasteiger partial charge in [0.2, 0.25) is 0 Å². The van der Waals surface area contributed by atoms with Crippen LogP contribution < -0.4 is 5.84 Å². The maximum Gasteiger partial charge on any atom is 2.00 e. The molecular weight excluding hydrogens is 228 g/mol. The van der Waals surface area contributed by atoms with Crippen LogP contribution in [0.3, 0.4) is 0 Å². The normalized spacial score (nSPS) is 9.80.